The lowest BCUT2D eigenvalue weighted by atomic mass is 10.0. The van der Waals surface area contributed by atoms with Crippen LogP contribution in [0.4, 0.5) is 0 Å². The molecule has 2 nitrogen and oxygen atoms in total. The zero-order valence-corrected chi connectivity index (χ0v) is 9.73. The van der Waals surface area contributed by atoms with Gasteiger partial charge in [0.25, 0.3) is 0 Å². The van der Waals surface area contributed by atoms with Crippen LogP contribution < -0.4 is 0 Å². The number of hydrogen-bond acceptors (Lipinski definition) is 2. The van der Waals surface area contributed by atoms with Gasteiger partial charge in [-0.1, -0.05) is 37.6 Å². The summed E-state index contributed by atoms with van der Waals surface area (Å²) in [6, 6.07) is 8.10. The molecule has 2 heteroatoms. The molecule has 0 amide bonds. The third-order valence-corrected chi connectivity index (χ3v) is 2.68. The van der Waals surface area contributed by atoms with E-state index in [4.69, 9.17) is 4.74 Å². The van der Waals surface area contributed by atoms with Gasteiger partial charge < -0.3 is 9.84 Å². The number of methoxy groups -OCH3 is 1. The molecule has 0 saturated heterocycles. The van der Waals surface area contributed by atoms with Crippen molar-refractivity contribution < 1.29 is 9.84 Å². The Kier molecular flexibility index (Phi) is 4.79. The van der Waals surface area contributed by atoms with Crippen molar-refractivity contribution in [2.45, 2.75) is 38.9 Å². The highest BCUT2D eigenvalue weighted by Gasteiger charge is 2.14. The van der Waals surface area contributed by atoms with E-state index in [2.05, 4.69) is 19.1 Å². The molecule has 1 aromatic carbocycles. The number of ether oxygens (including phenoxy) is 1. The molecule has 0 aliphatic carbocycles. The molecule has 0 aliphatic heterocycles. The second-order valence-electron chi connectivity index (χ2n) is 3.88. The molecule has 0 saturated carbocycles. The lowest BCUT2D eigenvalue weighted by Gasteiger charge is -2.17. The SMILES string of the molecule is CCCc1ccc(C(O)C(C)OC)cc1. The standard InChI is InChI=1S/C13H20O2/c1-4-5-11-6-8-12(9-7-11)13(14)10(2)15-3/h6-10,13-14H,4-5H2,1-3H3. The number of benzene rings is 1. The molecule has 2 atom stereocenters. The van der Waals surface area contributed by atoms with Gasteiger partial charge in [-0.25, -0.2) is 0 Å². The summed E-state index contributed by atoms with van der Waals surface area (Å²) in [4.78, 5) is 0. The fraction of sp³-hybridized carbons (Fsp3) is 0.538. The number of aryl methyl sites for hydroxylation is 1. The maximum absolute atomic E-state index is 9.88. The van der Waals surface area contributed by atoms with Crippen LogP contribution in [0.3, 0.4) is 0 Å². The van der Waals surface area contributed by atoms with E-state index in [1.807, 2.05) is 19.1 Å². The number of aliphatic hydroxyl groups is 1. The Labute approximate surface area is 91.9 Å². The maximum Gasteiger partial charge on any atom is 0.105 e. The molecular weight excluding hydrogens is 188 g/mol. The fourth-order valence-electron chi connectivity index (χ4n) is 1.57. The minimum absolute atomic E-state index is 0.165. The Bertz CT molecular complexity index is 279. The zero-order valence-electron chi connectivity index (χ0n) is 9.73. The summed E-state index contributed by atoms with van der Waals surface area (Å²) in [5.41, 5.74) is 2.24. The van der Waals surface area contributed by atoms with Crippen molar-refractivity contribution in [3.63, 3.8) is 0 Å². The molecule has 0 spiro atoms. The number of aliphatic hydroxyl groups excluding tert-OH is 1. The van der Waals surface area contributed by atoms with Gasteiger partial charge >= 0.3 is 0 Å². The summed E-state index contributed by atoms with van der Waals surface area (Å²) < 4.78 is 5.09. The predicted molar refractivity (Wildman–Crippen MR) is 61.9 cm³/mol. The van der Waals surface area contributed by atoms with Gasteiger partial charge in [0.1, 0.15) is 6.10 Å². The molecule has 1 rings (SSSR count). The summed E-state index contributed by atoms with van der Waals surface area (Å²) in [7, 11) is 1.61. The molecule has 1 N–H and O–H groups in total. The van der Waals surface area contributed by atoms with E-state index in [1.165, 1.54) is 5.56 Å². The van der Waals surface area contributed by atoms with Gasteiger partial charge in [-0.2, -0.15) is 0 Å². The Morgan fingerprint density at radius 3 is 2.33 bits per heavy atom. The molecule has 0 aliphatic rings. The molecule has 0 aromatic heterocycles. The summed E-state index contributed by atoms with van der Waals surface area (Å²) in [6.07, 6.45) is 1.54. The first-order chi connectivity index (χ1) is 7.19. The van der Waals surface area contributed by atoms with Gasteiger partial charge in [0, 0.05) is 7.11 Å². The van der Waals surface area contributed by atoms with Gasteiger partial charge in [0.15, 0.2) is 0 Å². The summed E-state index contributed by atoms with van der Waals surface area (Å²) in [5.74, 6) is 0. The first kappa shape index (κ1) is 12.2. The zero-order chi connectivity index (χ0) is 11.3. The minimum Gasteiger partial charge on any atom is -0.386 e. The van der Waals surface area contributed by atoms with Crippen LogP contribution in [-0.2, 0) is 11.2 Å². The Morgan fingerprint density at radius 2 is 1.87 bits per heavy atom. The minimum atomic E-state index is -0.536. The Morgan fingerprint density at radius 1 is 1.27 bits per heavy atom. The van der Waals surface area contributed by atoms with Crippen LogP contribution in [0, 0.1) is 0 Å². The van der Waals surface area contributed by atoms with Crippen molar-refractivity contribution in [1.29, 1.82) is 0 Å². The van der Waals surface area contributed by atoms with Gasteiger partial charge in [0.2, 0.25) is 0 Å². The van der Waals surface area contributed by atoms with Gasteiger partial charge in [-0.3, -0.25) is 0 Å². The van der Waals surface area contributed by atoms with Crippen molar-refractivity contribution in [3.8, 4) is 0 Å². The molecule has 0 bridgehead atoms. The van der Waals surface area contributed by atoms with Crippen LogP contribution in [0.15, 0.2) is 24.3 Å². The summed E-state index contributed by atoms with van der Waals surface area (Å²) in [5, 5.41) is 9.88. The molecule has 1 aromatic rings. The second-order valence-corrected chi connectivity index (χ2v) is 3.88. The van der Waals surface area contributed by atoms with Crippen LogP contribution in [0.25, 0.3) is 0 Å². The third kappa shape index (κ3) is 3.33. The summed E-state index contributed by atoms with van der Waals surface area (Å²) in [6.45, 7) is 4.03. The van der Waals surface area contributed by atoms with E-state index >= 15 is 0 Å². The molecule has 84 valence electrons. The second kappa shape index (κ2) is 5.89. The lowest BCUT2D eigenvalue weighted by Crippen LogP contribution is -2.16. The van der Waals surface area contributed by atoms with E-state index in [-0.39, 0.29) is 6.10 Å². The quantitative estimate of drug-likeness (QED) is 0.806. The van der Waals surface area contributed by atoms with Crippen molar-refractivity contribution in [3.05, 3.63) is 35.4 Å². The summed E-state index contributed by atoms with van der Waals surface area (Å²) >= 11 is 0. The number of rotatable bonds is 5. The average molecular weight is 208 g/mol. The van der Waals surface area contributed by atoms with Crippen molar-refractivity contribution in [2.24, 2.45) is 0 Å². The van der Waals surface area contributed by atoms with E-state index < -0.39 is 6.10 Å². The molecular formula is C13H20O2. The molecule has 0 radical (unpaired) electrons. The van der Waals surface area contributed by atoms with Crippen LogP contribution in [0.1, 0.15) is 37.5 Å². The monoisotopic (exact) mass is 208 g/mol. The highest BCUT2D eigenvalue weighted by molar-refractivity contribution is 5.24. The van der Waals surface area contributed by atoms with Gasteiger partial charge in [-0.15, -0.1) is 0 Å². The molecule has 0 fully saturated rings. The van der Waals surface area contributed by atoms with Crippen molar-refractivity contribution in [2.75, 3.05) is 7.11 Å². The maximum atomic E-state index is 9.88. The first-order valence-electron chi connectivity index (χ1n) is 5.48. The topological polar surface area (TPSA) is 29.5 Å². The Hall–Kier alpha value is -0.860. The highest BCUT2D eigenvalue weighted by Crippen LogP contribution is 2.19. The molecule has 2 unspecified atom stereocenters. The van der Waals surface area contributed by atoms with Crippen molar-refractivity contribution in [1.82, 2.24) is 0 Å². The van der Waals surface area contributed by atoms with Gasteiger partial charge in [0.05, 0.1) is 6.10 Å². The van der Waals surface area contributed by atoms with Crippen molar-refractivity contribution >= 4 is 0 Å². The smallest absolute Gasteiger partial charge is 0.105 e. The Balaban J connectivity index is 2.70. The van der Waals surface area contributed by atoms with Crippen LogP contribution >= 0.6 is 0 Å². The lowest BCUT2D eigenvalue weighted by molar-refractivity contribution is -0.00143. The average Bonchev–Trinajstić information content (AvgIpc) is 2.28. The predicted octanol–water partition coefficient (Wildman–Crippen LogP) is 2.71. The number of hydrogen-bond donors (Lipinski definition) is 1. The first-order valence-corrected chi connectivity index (χ1v) is 5.48. The molecule has 15 heavy (non-hydrogen) atoms. The highest BCUT2D eigenvalue weighted by atomic mass is 16.5. The van der Waals surface area contributed by atoms with E-state index in [1.54, 1.807) is 7.11 Å². The van der Waals surface area contributed by atoms with E-state index in [0.717, 1.165) is 18.4 Å². The van der Waals surface area contributed by atoms with E-state index in [0.29, 0.717) is 0 Å². The molecule has 0 heterocycles. The third-order valence-electron chi connectivity index (χ3n) is 2.68. The fourth-order valence-corrected chi connectivity index (χ4v) is 1.57. The normalized spacial score (nSPS) is 14.9. The largest absolute Gasteiger partial charge is 0.386 e. The van der Waals surface area contributed by atoms with Crippen LogP contribution in [0.5, 0.6) is 0 Å². The van der Waals surface area contributed by atoms with Crippen LogP contribution in [0.2, 0.25) is 0 Å². The van der Waals surface area contributed by atoms with E-state index in [9.17, 15) is 5.11 Å². The van der Waals surface area contributed by atoms with Gasteiger partial charge in [-0.05, 0) is 24.5 Å². The van der Waals surface area contributed by atoms with Crippen LogP contribution in [-0.4, -0.2) is 18.3 Å².